The predicted octanol–water partition coefficient (Wildman–Crippen LogP) is 1.62. The molecule has 114 valence electrons. The van der Waals surface area contributed by atoms with Gasteiger partial charge in [-0.2, -0.15) is 10.4 Å². The standard InChI is InChI=1S/C13H12ClN5O2S/c14-10-4-3-9(7-15)12(6-10)22(20,21)18-11-2-1-5-19-13(11)16-8-17-19/h3-4,6,8,11,18H,1-2,5H2/t11-/m1/s1. The van der Waals surface area contributed by atoms with Crippen LogP contribution in [0.5, 0.6) is 0 Å². The molecule has 1 aromatic heterocycles. The minimum atomic E-state index is -3.88. The van der Waals surface area contributed by atoms with Gasteiger partial charge in [-0.15, -0.1) is 0 Å². The van der Waals surface area contributed by atoms with Gasteiger partial charge in [0.05, 0.1) is 11.6 Å². The zero-order chi connectivity index (χ0) is 15.7. The molecular formula is C13H12ClN5O2S. The molecule has 1 N–H and O–H groups in total. The topological polar surface area (TPSA) is 101 Å². The molecule has 3 rings (SSSR count). The molecule has 1 atom stereocenters. The molecule has 0 saturated carbocycles. The first-order valence-electron chi connectivity index (χ1n) is 6.61. The molecule has 0 saturated heterocycles. The number of fused-ring (bicyclic) bond motifs is 1. The summed E-state index contributed by atoms with van der Waals surface area (Å²) < 4.78 is 29.4. The second kappa shape index (κ2) is 5.68. The third-order valence-corrected chi connectivity index (χ3v) is 5.22. The Morgan fingerprint density at radius 1 is 1.45 bits per heavy atom. The lowest BCUT2D eigenvalue weighted by Crippen LogP contribution is -2.33. The van der Waals surface area contributed by atoms with Gasteiger partial charge in [0.2, 0.25) is 10.0 Å². The minimum Gasteiger partial charge on any atom is -0.248 e. The van der Waals surface area contributed by atoms with Crippen LogP contribution in [0.2, 0.25) is 5.02 Å². The SMILES string of the molecule is N#Cc1ccc(Cl)cc1S(=O)(=O)N[C@@H]1CCCn2ncnc21. The van der Waals surface area contributed by atoms with E-state index in [9.17, 15) is 8.42 Å². The van der Waals surface area contributed by atoms with E-state index in [-0.39, 0.29) is 15.5 Å². The van der Waals surface area contributed by atoms with Gasteiger partial charge in [0.25, 0.3) is 0 Å². The molecule has 0 spiro atoms. The monoisotopic (exact) mass is 337 g/mol. The number of aromatic nitrogens is 3. The lowest BCUT2D eigenvalue weighted by atomic mass is 10.1. The van der Waals surface area contributed by atoms with Crippen LogP contribution in [-0.4, -0.2) is 23.2 Å². The van der Waals surface area contributed by atoms with Gasteiger partial charge in [-0.3, -0.25) is 0 Å². The smallest absolute Gasteiger partial charge is 0.242 e. The van der Waals surface area contributed by atoms with Crippen molar-refractivity contribution < 1.29 is 8.42 Å². The summed E-state index contributed by atoms with van der Waals surface area (Å²) in [6.45, 7) is 0.716. The van der Waals surface area contributed by atoms with Crippen molar-refractivity contribution in [2.75, 3.05) is 0 Å². The molecule has 0 fully saturated rings. The van der Waals surface area contributed by atoms with E-state index in [1.54, 1.807) is 4.68 Å². The number of benzene rings is 1. The Hall–Kier alpha value is -1.95. The third kappa shape index (κ3) is 2.70. The normalized spacial score (nSPS) is 17.7. The van der Waals surface area contributed by atoms with Crippen molar-refractivity contribution in [3.05, 3.63) is 40.9 Å². The quantitative estimate of drug-likeness (QED) is 0.917. The second-order valence-corrected chi connectivity index (χ2v) is 7.03. The number of aryl methyl sites for hydroxylation is 1. The largest absolute Gasteiger partial charge is 0.248 e. The predicted molar refractivity (Wildman–Crippen MR) is 78.5 cm³/mol. The van der Waals surface area contributed by atoms with Crippen molar-refractivity contribution in [1.82, 2.24) is 19.5 Å². The summed E-state index contributed by atoms with van der Waals surface area (Å²) in [6.07, 6.45) is 2.83. The zero-order valence-corrected chi connectivity index (χ0v) is 13.0. The maximum atomic E-state index is 12.6. The Bertz CT molecular complexity index is 856. The fourth-order valence-electron chi connectivity index (χ4n) is 2.46. The van der Waals surface area contributed by atoms with E-state index in [4.69, 9.17) is 16.9 Å². The molecule has 2 aromatic rings. The fraction of sp³-hybridized carbons (Fsp3) is 0.308. The van der Waals surface area contributed by atoms with Gasteiger partial charge in [-0.05, 0) is 31.0 Å². The van der Waals surface area contributed by atoms with E-state index in [1.807, 2.05) is 6.07 Å². The maximum Gasteiger partial charge on any atom is 0.242 e. The van der Waals surface area contributed by atoms with Crippen LogP contribution in [0.4, 0.5) is 0 Å². The van der Waals surface area contributed by atoms with Crippen LogP contribution < -0.4 is 4.72 Å². The first-order valence-corrected chi connectivity index (χ1v) is 8.47. The van der Waals surface area contributed by atoms with E-state index in [0.29, 0.717) is 18.8 Å². The Morgan fingerprint density at radius 2 is 2.27 bits per heavy atom. The summed E-state index contributed by atoms with van der Waals surface area (Å²) in [5.41, 5.74) is 0.0502. The molecule has 0 bridgehead atoms. The number of rotatable bonds is 3. The molecule has 7 nitrogen and oxygen atoms in total. The fourth-order valence-corrected chi connectivity index (χ4v) is 4.11. The second-order valence-electron chi connectivity index (χ2n) is 4.91. The summed E-state index contributed by atoms with van der Waals surface area (Å²) in [6, 6.07) is 5.55. The molecule has 0 radical (unpaired) electrons. The summed E-state index contributed by atoms with van der Waals surface area (Å²) in [4.78, 5) is 3.98. The van der Waals surface area contributed by atoms with Crippen LogP contribution >= 0.6 is 11.6 Å². The van der Waals surface area contributed by atoms with Gasteiger partial charge in [0.1, 0.15) is 23.1 Å². The molecule has 2 heterocycles. The molecule has 0 unspecified atom stereocenters. The Balaban J connectivity index is 1.97. The van der Waals surface area contributed by atoms with E-state index >= 15 is 0 Å². The molecule has 0 aliphatic carbocycles. The highest BCUT2D eigenvalue weighted by atomic mass is 35.5. The van der Waals surface area contributed by atoms with Crippen molar-refractivity contribution in [3.8, 4) is 6.07 Å². The van der Waals surface area contributed by atoms with Gasteiger partial charge in [-0.25, -0.2) is 22.8 Å². The lowest BCUT2D eigenvalue weighted by molar-refractivity contribution is 0.400. The number of hydrogen-bond acceptors (Lipinski definition) is 5. The van der Waals surface area contributed by atoms with Crippen molar-refractivity contribution in [1.29, 1.82) is 5.26 Å². The number of nitrogens with one attached hydrogen (secondary N) is 1. The minimum absolute atomic E-state index is 0.0502. The highest BCUT2D eigenvalue weighted by Crippen LogP contribution is 2.26. The number of hydrogen-bond donors (Lipinski definition) is 1. The average molecular weight is 338 g/mol. The number of nitrogens with zero attached hydrogens (tertiary/aromatic N) is 4. The van der Waals surface area contributed by atoms with Crippen LogP contribution in [0.3, 0.4) is 0 Å². The van der Waals surface area contributed by atoms with Crippen molar-refractivity contribution >= 4 is 21.6 Å². The van der Waals surface area contributed by atoms with E-state index in [0.717, 1.165) is 6.42 Å². The third-order valence-electron chi connectivity index (χ3n) is 3.47. The molecule has 22 heavy (non-hydrogen) atoms. The van der Waals surface area contributed by atoms with E-state index in [1.165, 1.54) is 24.5 Å². The van der Waals surface area contributed by atoms with Gasteiger partial charge in [-0.1, -0.05) is 11.6 Å². The molecule has 1 aliphatic rings. The van der Waals surface area contributed by atoms with E-state index in [2.05, 4.69) is 14.8 Å². The maximum absolute atomic E-state index is 12.6. The zero-order valence-electron chi connectivity index (χ0n) is 11.4. The van der Waals surface area contributed by atoms with Crippen LogP contribution in [0, 0.1) is 11.3 Å². The van der Waals surface area contributed by atoms with Gasteiger partial charge in [0.15, 0.2) is 0 Å². The highest BCUT2D eigenvalue weighted by Gasteiger charge is 2.29. The van der Waals surface area contributed by atoms with Crippen LogP contribution in [0.1, 0.15) is 30.3 Å². The Morgan fingerprint density at radius 3 is 3.05 bits per heavy atom. The van der Waals surface area contributed by atoms with Gasteiger partial charge < -0.3 is 0 Å². The van der Waals surface area contributed by atoms with Crippen LogP contribution in [0.25, 0.3) is 0 Å². The molecule has 1 aromatic carbocycles. The number of sulfonamides is 1. The Kier molecular flexibility index (Phi) is 3.87. The van der Waals surface area contributed by atoms with Crippen LogP contribution in [0.15, 0.2) is 29.4 Å². The average Bonchev–Trinajstić information content (AvgIpc) is 2.96. The summed E-state index contributed by atoms with van der Waals surface area (Å²) in [5, 5.41) is 13.4. The lowest BCUT2D eigenvalue weighted by Gasteiger charge is -2.23. The van der Waals surface area contributed by atoms with Crippen molar-refractivity contribution in [2.45, 2.75) is 30.3 Å². The number of halogens is 1. The summed E-state index contributed by atoms with van der Waals surface area (Å²) in [5.74, 6) is 0.579. The molecule has 9 heteroatoms. The molecule has 1 aliphatic heterocycles. The summed E-state index contributed by atoms with van der Waals surface area (Å²) in [7, 11) is -3.88. The van der Waals surface area contributed by atoms with Gasteiger partial charge in [0, 0.05) is 11.6 Å². The van der Waals surface area contributed by atoms with Gasteiger partial charge >= 0.3 is 0 Å². The number of nitriles is 1. The first kappa shape index (κ1) is 15.0. The molecule has 0 amide bonds. The highest BCUT2D eigenvalue weighted by molar-refractivity contribution is 7.89. The van der Waals surface area contributed by atoms with Crippen molar-refractivity contribution in [3.63, 3.8) is 0 Å². The van der Waals surface area contributed by atoms with Crippen molar-refractivity contribution in [2.24, 2.45) is 0 Å². The van der Waals surface area contributed by atoms with Crippen LogP contribution in [-0.2, 0) is 16.6 Å². The Labute approximate surface area is 132 Å². The summed E-state index contributed by atoms with van der Waals surface area (Å²) >= 11 is 5.86. The van der Waals surface area contributed by atoms with E-state index < -0.39 is 16.1 Å². The molecular weight excluding hydrogens is 326 g/mol. The first-order chi connectivity index (χ1) is 10.5.